The molecule has 3 aliphatic rings. The second kappa shape index (κ2) is 6.39. The van der Waals surface area contributed by atoms with Crippen LogP contribution in [0.5, 0.6) is 0 Å². The minimum atomic E-state index is -0.134. The van der Waals surface area contributed by atoms with Crippen molar-refractivity contribution in [3.8, 4) is 0 Å². The van der Waals surface area contributed by atoms with Gasteiger partial charge in [-0.3, -0.25) is 4.84 Å². The van der Waals surface area contributed by atoms with Crippen molar-refractivity contribution in [3.63, 3.8) is 0 Å². The minimum Gasteiger partial charge on any atom is -0.423 e. The number of piperidine rings is 1. The summed E-state index contributed by atoms with van der Waals surface area (Å²) >= 11 is 0. The van der Waals surface area contributed by atoms with Crippen LogP contribution in [0.3, 0.4) is 0 Å². The summed E-state index contributed by atoms with van der Waals surface area (Å²) in [6, 6.07) is 9.76. The van der Waals surface area contributed by atoms with Gasteiger partial charge in [0.15, 0.2) is 0 Å². The number of hydrogen-bond donors (Lipinski definition) is 0. The van der Waals surface area contributed by atoms with Crippen LogP contribution in [0, 0.1) is 0 Å². The highest BCUT2D eigenvalue weighted by Gasteiger charge is 2.47. The lowest BCUT2D eigenvalue weighted by atomic mass is 9.85. The van der Waals surface area contributed by atoms with Crippen LogP contribution in [0.1, 0.15) is 61.4 Å². The largest absolute Gasteiger partial charge is 0.423 e. The summed E-state index contributed by atoms with van der Waals surface area (Å²) < 4.78 is 5.92. The molecule has 7 nitrogen and oxygen atoms in total. The lowest BCUT2D eigenvalue weighted by Crippen LogP contribution is -2.34. The smallest absolute Gasteiger partial charge is 0.345 e. The summed E-state index contributed by atoms with van der Waals surface area (Å²) in [7, 11) is 0. The van der Waals surface area contributed by atoms with E-state index in [4.69, 9.17) is 9.25 Å². The third-order valence-corrected chi connectivity index (χ3v) is 5.73. The highest BCUT2D eigenvalue weighted by atomic mass is 16.7. The fourth-order valence-electron chi connectivity index (χ4n) is 3.97. The Labute approximate surface area is 151 Å². The summed E-state index contributed by atoms with van der Waals surface area (Å²) in [4.78, 5) is 20.5. The zero-order valence-electron chi connectivity index (χ0n) is 14.6. The summed E-state index contributed by atoms with van der Waals surface area (Å²) in [5.41, 5.74) is 1.05. The number of hydroxylamine groups is 2. The molecule has 2 atom stereocenters. The maximum atomic E-state index is 12.8. The number of aromatic nitrogens is 2. The van der Waals surface area contributed by atoms with Gasteiger partial charge in [-0.05, 0) is 31.2 Å². The van der Waals surface area contributed by atoms with E-state index < -0.39 is 0 Å². The predicted molar refractivity (Wildman–Crippen MR) is 91.8 cm³/mol. The molecule has 0 N–H and O–H groups in total. The lowest BCUT2D eigenvalue weighted by molar-refractivity contribution is -0.140. The van der Waals surface area contributed by atoms with Crippen LogP contribution in [0.2, 0.25) is 0 Å². The first-order valence-electron chi connectivity index (χ1n) is 9.39. The number of hydrogen-bond acceptors (Lipinski definition) is 5. The van der Waals surface area contributed by atoms with Crippen LogP contribution in [0.25, 0.3) is 0 Å². The highest BCUT2D eigenvalue weighted by Crippen LogP contribution is 2.40. The van der Waals surface area contributed by atoms with Gasteiger partial charge in [0.1, 0.15) is 12.6 Å². The molecular weight excluding hydrogens is 332 g/mol. The van der Waals surface area contributed by atoms with Crippen molar-refractivity contribution in [2.45, 2.75) is 56.7 Å². The molecule has 26 heavy (non-hydrogen) atoms. The van der Waals surface area contributed by atoms with Crippen molar-refractivity contribution in [2.24, 2.45) is 0 Å². The number of benzene rings is 1. The van der Waals surface area contributed by atoms with Gasteiger partial charge >= 0.3 is 6.03 Å². The monoisotopic (exact) mass is 354 g/mol. The molecule has 2 unspecified atom stereocenters. The van der Waals surface area contributed by atoms with Gasteiger partial charge in [-0.2, -0.15) is 5.06 Å². The number of amides is 2. The van der Waals surface area contributed by atoms with E-state index in [1.807, 2.05) is 35.2 Å². The van der Waals surface area contributed by atoms with Crippen LogP contribution in [-0.4, -0.2) is 38.8 Å². The zero-order chi connectivity index (χ0) is 17.5. The highest BCUT2D eigenvalue weighted by molar-refractivity contribution is 5.77. The van der Waals surface area contributed by atoms with Gasteiger partial charge in [-0.15, -0.1) is 10.2 Å². The molecular formula is C19H22N4O3. The maximum Gasteiger partial charge on any atom is 0.345 e. The number of nitrogens with zero attached hydrogens (tertiary/aromatic N) is 4. The van der Waals surface area contributed by atoms with Gasteiger partial charge in [-0.1, -0.05) is 36.8 Å². The molecule has 2 amide bonds. The van der Waals surface area contributed by atoms with E-state index >= 15 is 0 Å². The first-order chi connectivity index (χ1) is 12.8. The number of fused-ring (bicyclic) bond motifs is 2. The fraction of sp³-hybridized carbons (Fsp3) is 0.526. The minimum absolute atomic E-state index is 0.0940. The fourth-order valence-corrected chi connectivity index (χ4v) is 3.97. The summed E-state index contributed by atoms with van der Waals surface area (Å²) in [5, 5.41) is 10.00. The van der Waals surface area contributed by atoms with Gasteiger partial charge in [0, 0.05) is 12.5 Å². The van der Waals surface area contributed by atoms with E-state index in [1.54, 1.807) is 0 Å². The Balaban J connectivity index is 1.28. The van der Waals surface area contributed by atoms with Gasteiger partial charge in [0.25, 0.3) is 0 Å². The van der Waals surface area contributed by atoms with Crippen LogP contribution < -0.4 is 0 Å². The molecule has 1 aliphatic carbocycles. The third kappa shape index (κ3) is 2.67. The van der Waals surface area contributed by atoms with Crippen LogP contribution in [0.15, 0.2) is 34.7 Å². The van der Waals surface area contributed by atoms with Crippen molar-refractivity contribution in [3.05, 3.63) is 47.7 Å². The average Bonchev–Trinajstić information content (AvgIpc) is 3.18. The Morgan fingerprint density at radius 2 is 1.88 bits per heavy atom. The van der Waals surface area contributed by atoms with Crippen molar-refractivity contribution in [2.75, 3.05) is 6.54 Å². The number of urea groups is 1. The summed E-state index contributed by atoms with van der Waals surface area (Å²) in [6.45, 7) is 1.05. The summed E-state index contributed by atoms with van der Waals surface area (Å²) in [6.07, 6.45) is 5.18. The van der Waals surface area contributed by atoms with E-state index in [0.29, 0.717) is 25.0 Å². The number of carbonyl (C=O) groups excluding carboxylic acids is 1. The molecule has 2 saturated heterocycles. The second-order valence-corrected chi connectivity index (χ2v) is 7.37. The molecule has 2 aromatic rings. The number of rotatable bonds is 5. The van der Waals surface area contributed by atoms with Gasteiger partial charge < -0.3 is 9.32 Å². The molecule has 0 spiro atoms. The quantitative estimate of drug-likeness (QED) is 0.823. The molecule has 0 radical (unpaired) electrons. The predicted octanol–water partition coefficient (Wildman–Crippen LogP) is 3.41. The van der Waals surface area contributed by atoms with Crippen molar-refractivity contribution in [1.82, 2.24) is 20.2 Å². The van der Waals surface area contributed by atoms with Crippen molar-refractivity contribution < 1.29 is 14.0 Å². The second-order valence-electron chi connectivity index (χ2n) is 7.37. The van der Waals surface area contributed by atoms with Crippen molar-refractivity contribution in [1.29, 1.82) is 0 Å². The molecule has 2 bridgehead atoms. The van der Waals surface area contributed by atoms with E-state index in [1.165, 1.54) is 11.5 Å². The molecule has 2 aliphatic heterocycles. The Morgan fingerprint density at radius 3 is 2.65 bits per heavy atom. The van der Waals surface area contributed by atoms with Crippen LogP contribution in [0.4, 0.5) is 4.79 Å². The summed E-state index contributed by atoms with van der Waals surface area (Å²) in [5.74, 6) is 1.72. The lowest BCUT2D eigenvalue weighted by Gasteiger charge is -2.27. The Hall–Kier alpha value is -2.41. The average molecular weight is 354 g/mol. The number of carbonyl (C=O) groups is 1. The molecule has 1 aromatic carbocycles. The Morgan fingerprint density at radius 1 is 1.08 bits per heavy atom. The first-order valence-corrected chi connectivity index (χ1v) is 9.39. The molecule has 3 fully saturated rings. The van der Waals surface area contributed by atoms with Gasteiger partial charge in [0.2, 0.25) is 11.8 Å². The van der Waals surface area contributed by atoms with Gasteiger partial charge in [-0.25, -0.2) is 4.79 Å². The third-order valence-electron chi connectivity index (χ3n) is 5.73. The van der Waals surface area contributed by atoms with Crippen LogP contribution in [-0.2, 0) is 11.4 Å². The Bertz CT molecular complexity index is 789. The van der Waals surface area contributed by atoms with Crippen LogP contribution >= 0.6 is 0 Å². The molecule has 1 saturated carbocycles. The van der Waals surface area contributed by atoms with E-state index in [2.05, 4.69) is 10.2 Å². The molecule has 136 valence electrons. The van der Waals surface area contributed by atoms with Gasteiger partial charge in [0.05, 0.1) is 6.04 Å². The van der Waals surface area contributed by atoms with E-state index in [0.717, 1.165) is 37.1 Å². The molecule has 7 heteroatoms. The molecule has 3 heterocycles. The SMILES string of the molecule is O=C1N2CC(CCC2c2nnc(C3CCC3)o2)N1OCc1ccccc1. The topological polar surface area (TPSA) is 71.7 Å². The maximum absolute atomic E-state index is 12.8. The normalized spacial score (nSPS) is 25.6. The first kappa shape index (κ1) is 15.8. The molecule has 1 aromatic heterocycles. The van der Waals surface area contributed by atoms with Crippen molar-refractivity contribution >= 4 is 6.03 Å². The molecule has 5 rings (SSSR count). The Kier molecular flexibility index (Phi) is 3.89. The van der Waals surface area contributed by atoms with E-state index in [9.17, 15) is 4.79 Å². The zero-order valence-corrected chi connectivity index (χ0v) is 14.6. The van der Waals surface area contributed by atoms with E-state index in [-0.39, 0.29) is 18.1 Å². The standard InChI is InChI=1S/C19H22N4O3/c24-19-22-11-15(23(19)25-12-13-5-2-1-3-6-13)9-10-16(22)18-21-20-17(26-18)14-7-4-8-14/h1-3,5-6,14-16H,4,7-12H2.